The molecule has 0 unspecified atom stereocenters. The first kappa shape index (κ1) is 16.0. The van der Waals surface area contributed by atoms with E-state index in [9.17, 15) is 4.79 Å². The van der Waals surface area contributed by atoms with E-state index < -0.39 is 0 Å². The summed E-state index contributed by atoms with van der Waals surface area (Å²) in [6.45, 7) is 1.81. The molecule has 3 aliphatic rings. The molecule has 2 saturated carbocycles. The molecule has 0 aromatic carbocycles. The molecule has 0 bridgehead atoms. The molecule has 3 fully saturated rings. The standard InChI is InChI=1S/C18H23N5O3/c1-25-8-14-20-17(22-21-14)13-7-23(6-12(13)10-2-3-10)18(24)15-16(11-4-5-11)26-9-19-15/h9-13H,2-8H2,1H3,(H,20,21,22)/t12-,13+/m1/s1. The van der Waals surface area contributed by atoms with E-state index in [0.717, 1.165) is 36.8 Å². The molecule has 138 valence electrons. The van der Waals surface area contributed by atoms with Gasteiger partial charge in [-0.3, -0.25) is 9.89 Å². The highest BCUT2D eigenvalue weighted by molar-refractivity contribution is 5.93. The lowest BCUT2D eigenvalue weighted by atomic mass is 9.91. The number of amides is 1. The second kappa shape index (κ2) is 6.19. The van der Waals surface area contributed by atoms with Crippen molar-refractivity contribution in [2.45, 2.75) is 44.1 Å². The molecule has 2 atom stereocenters. The minimum atomic E-state index is -0.0125. The van der Waals surface area contributed by atoms with Crippen LogP contribution < -0.4 is 0 Å². The number of nitrogens with one attached hydrogen (secondary N) is 1. The number of ether oxygens (including phenoxy) is 1. The first-order valence-corrected chi connectivity index (χ1v) is 9.37. The van der Waals surface area contributed by atoms with E-state index in [-0.39, 0.29) is 11.8 Å². The lowest BCUT2D eigenvalue weighted by molar-refractivity contribution is 0.0777. The van der Waals surface area contributed by atoms with Gasteiger partial charge in [0.05, 0.1) is 0 Å². The zero-order chi connectivity index (χ0) is 17.7. The third-order valence-corrected chi connectivity index (χ3v) is 5.79. The van der Waals surface area contributed by atoms with Gasteiger partial charge < -0.3 is 14.1 Å². The summed E-state index contributed by atoms with van der Waals surface area (Å²) in [6, 6.07) is 0. The fraction of sp³-hybridized carbons (Fsp3) is 0.667. The number of nitrogens with zero attached hydrogens (tertiary/aromatic N) is 4. The summed E-state index contributed by atoms with van der Waals surface area (Å²) in [5.74, 6) is 3.91. The third-order valence-electron chi connectivity index (χ3n) is 5.79. The average molecular weight is 357 g/mol. The lowest BCUT2D eigenvalue weighted by Gasteiger charge is -2.15. The van der Waals surface area contributed by atoms with Crippen LogP contribution >= 0.6 is 0 Å². The maximum atomic E-state index is 13.1. The minimum absolute atomic E-state index is 0.0125. The molecule has 5 rings (SSSR count). The molecule has 8 heteroatoms. The summed E-state index contributed by atoms with van der Waals surface area (Å²) in [7, 11) is 1.64. The van der Waals surface area contributed by atoms with Crippen LogP contribution in [0.1, 0.15) is 65.4 Å². The molecule has 0 spiro atoms. The Labute approximate surface area is 151 Å². The molecule has 1 aliphatic heterocycles. The Morgan fingerprint density at radius 2 is 2.19 bits per heavy atom. The number of hydrogen-bond acceptors (Lipinski definition) is 6. The van der Waals surface area contributed by atoms with Crippen molar-refractivity contribution in [1.29, 1.82) is 0 Å². The smallest absolute Gasteiger partial charge is 0.276 e. The van der Waals surface area contributed by atoms with Gasteiger partial charge in [-0.15, -0.1) is 0 Å². The Kier molecular flexibility index (Phi) is 3.81. The molecular formula is C18H23N5O3. The summed E-state index contributed by atoms with van der Waals surface area (Å²) in [4.78, 5) is 23.8. The Balaban J connectivity index is 1.37. The van der Waals surface area contributed by atoms with Gasteiger partial charge in [0.25, 0.3) is 5.91 Å². The zero-order valence-electron chi connectivity index (χ0n) is 14.9. The highest BCUT2D eigenvalue weighted by Crippen LogP contribution is 2.47. The number of carbonyl (C=O) groups is 1. The average Bonchev–Trinajstić information content (AvgIpc) is 3.53. The molecule has 1 amide bonds. The van der Waals surface area contributed by atoms with Crippen molar-refractivity contribution in [2.24, 2.45) is 11.8 Å². The predicted molar refractivity (Wildman–Crippen MR) is 90.4 cm³/mol. The second-order valence-corrected chi connectivity index (χ2v) is 7.73. The van der Waals surface area contributed by atoms with E-state index in [2.05, 4.69) is 20.2 Å². The van der Waals surface area contributed by atoms with E-state index in [1.165, 1.54) is 19.2 Å². The first-order chi connectivity index (χ1) is 12.7. The summed E-state index contributed by atoms with van der Waals surface area (Å²) in [6.07, 6.45) is 6.04. The molecule has 2 aromatic rings. The number of methoxy groups -OCH3 is 1. The SMILES string of the molecule is COCc1nc([C@H]2CN(C(=O)c3ncoc3C3CC3)C[C@@H]2C2CC2)n[nH]1. The Morgan fingerprint density at radius 1 is 1.35 bits per heavy atom. The fourth-order valence-electron chi connectivity index (χ4n) is 4.15. The van der Waals surface area contributed by atoms with Crippen molar-refractivity contribution >= 4 is 5.91 Å². The van der Waals surface area contributed by atoms with Crippen molar-refractivity contribution < 1.29 is 13.9 Å². The quantitative estimate of drug-likeness (QED) is 0.850. The number of carbonyl (C=O) groups excluding carboxylic acids is 1. The van der Waals surface area contributed by atoms with Crippen LogP contribution in [-0.4, -0.2) is 51.2 Å². The van der Waals surface area contributed by atoms with Crippen LogP contribution in [0.3, 0.4) is 0 Å². The largest absolute Gasteiger partial charge is 0.447 e. The summed E-state index contributed by atoms with van der Waals surface area (Å²) >= 11 is 0. The van der Waals surface area contributed by atoms with Gasteiger partial charge in [0.1, 0.15) is 12.4 Å². The van der Waals surface area contributed by atoms with Gasteiger partial charge in [-0.2, -0.15) is 5.10 Å². The van der Waals surface area contributed by atoms with Gasteiger partial charge in [-0.25, -0.2) is 9.97 Å². The van der Waals surface area contributed by atoms with Crippen LogP contribution in [0.5, 0.6) is 0 Å². The summed E-state index contributed by atoms with van der Waals surface area (Å²) in [5.41, 5.74) is 0.498. The Morgan fingerprint density at radius 3 is 2.92 bits per heavy atom. The number of H-pyrrole nitrogens is 1. The van der Waals surface area contributed by atoms with E-state index in [0.29, 0.717) is 36.6 Å². The Hall–Kier alpha value is -2.22. The van der Waals surface area contributed by atoms with E-state index >= 15 is 0 Å². The molecule has 2 aliphatic carbocycles. The molecule has 1 N–H and O–H groups in total. The van der Waals surface area contributed by atoms with Crippen molar-refractivity contribution in [3.63, 3.8) is 0 Å². The number of oxazole rings is 1. The molecule has 0 radical (unpaired) electrons. The zero-order valence-corrected chi connectivity index (χ0v) is 14.9. The van der Waals surface area contributed by atoms with Gasteiger partial charge in [0.2, 0.25) is 0 Å². The molecule has 1 saturated heterocycles. The summed E-state index contributed by atoms with van der Waals surface area (Å²) in [5, 5.41) is 7.35. The maximum absolute atomic E-state index is 13.1. The normalized spacial score (nSPS) is 25.8. The molecular weight excluding hydrogens is 334 g/mol. The lowest BCUT2D eigenvalue weighted by Crippen LogP contribution is -2.30. The number of aromatic nitrogens is 4. The molecule has 8 nitrogen and oxygen atoms in total. The summed E-state index contributed by atoms with van der Waals surface area (Å²) < 4.78 is 10.6. The first-order valence-electron chi connectivity index (χ1n) is 9.37. The van der Waals surface area contributed by atoms with Crippen molar-refractivity contribution in [3.8, 4) is 0 Å². The topological polar surface area (TPSA) is 97.1 Å². The van der Waals surface area contributed by atoms with Gasteiger partial charge in [-0.05, 0) is 37.5 Å². The van der Waals surface area contributed by atoms with Crippen LogP contribution in [0.2, 0.25) is 0 Å². The predicted octanol–water partition coefficient (Wildman–Crippen LogP) is 2.08. The number of likely N-dealkylation sites (tertiary alicyclic amines) is 1. The highest BCUT2D eigenvalue weighted by atomic mass is 16.5. The van der Waals surface area contributed by atoms with Crippen LogP contribution in [0.25, 0.3) is 0 Å². The van der Waals surface area contributed by atoms with E-state index in [1.807, 2.05) is 4.90 Å². The second-order valence-electron chi connectivity index (χ2n) is 7.73. The van der Waals surface area contributed by atoms with E-state index in [4.69, 9.17) is 9.15 Å². The number of aromatic amines is 1. The van der Waals surface area contributed by atoms with Gasteiger partial charge in [0, 0.05) is 32.0 Å². The van der Waals surface area contributed by atoms with Crippen LogP contribution in [-0.2, 0) is 11.3 Å². The van der Waals surface area contributed by atoms with Crippen molar-refractivity contribution in [1.82, 2.24) is 25.1 Å². The van der Waals surface area contributed by atoms with Gasteiger partial charge in [-0.1, -0.05) is 0 Å². The van der Waals surface area contributed by atoms with Crippen molar-refractivity contribution in [3.05, 3.63) is 29.5 Å². The van der Waals surface area contributed by atoms with Crippen molar-refractivity contribution in [2.75, 3.05) is 20.2 Å². The van der Waals surface area contributed by atoms with Crippen LogP contribution in [0.4, 0.5) is 0 Å². The fourth-order valence-corrected chi connectivity index (χ4v) is 4.15. The highest BCUT2D eigenvalue weighted by Gasteiger charge is 2.47. The minimum Gasteiger partial charge on any atom is -0.447 e. The van der Waals surface area contributed by atoms with Gasteiger partial charge >= 0.3 is 0 Å². The number of hydrogen-bond donors (Lipinski definition) is 1. The van der Waals surface area contributed by atoms with Crippen LogP contribution in [0.15, 0.2) is 10.8 Å². The monoisotopic (exact) mass is 357 g/mol. The van der Waals surface area contributed by atoms with Gasteiger partial charge in [0.15, 0.2) is 23.7 Å². The molecule has 3 heterocycles. The number of rotatable bonds is 6. The van der Waals surface area contributed by atoms with E-state index in [1.54, 1.807) is 7.11 Å². The molecule has 26 heavy (non-hydrogen) atoms. The maximum Gasteiger partial charge on any atom is 0.276 e. The Bertz CT molecular complexity index is 807. The van der Waals surface area contributed by atoms with Crippen LogP contribution in [0, 0.1) is 11.8 Å². The molecule has 2 aromatic heterocycles. The third kappa shape index (κ3) is 2.82.